The summed E-state index contributed by atoms with van der Waals surface area (Å²) in [4.78, 5) is 16.9. The third kappa shape index (κ3) is 6.13. The minimum atomic E-state index is -2.55. The van der Waals surface area contributed by atoms with E-state index >= 15 is 0 Å². The summed E-state index contributed by atoms with van der Waals surface area (Å²) in [7, 11) is 0. The molecule has 0 bridgehead atoms. The summed E-state index contributed by atoms with van der Waals surface area (Å²) < 4.78 is 29.7. The van der Waals surface area contributed by atoms with Gasteiger partial charge in [0.1, 0.15) is 0 Å². The van der Waals surface area contributed by atoms with Crippen molar-refractivity contribution in [3.8, 4) is 5.88 Å². The Bertz CT molecular complexity index is 725. The van der Waals surface area contributed by atoms with Crippen molar-refractivity contribution in [2.24, 2.45) is 10.7 Å². The van der Waals surface area contributed by atoms with Gasteiger partial charge in [-0.25, -0.2) is 23.7 Å². The monoisotopic (exact) mass is 510 g/mol. The van der Waals surface area contributed by atoms with Crippen LogP contribution >= 0.6 is 35.3 Å². The van der Waals surface area contributed by atoms with Gasteiger partial charge in [-0.2, -0.15) is 0 Å². The number of ether oxygens (including phenoxy) is 1. The largest absolute Gasteiger partial charge is 0.471 e. The van der Waals surface area contributed by atoms with Gasteiger partial charge < -0.3 is 20.3 Å². The molecule has 11 heteroatoms. The number of nitrogens with zero attached hydrogens (tertiary/aromatic N) is 5. The Labute approximate surface area is 177 Å². The second-order valence-corrected chi connectivity index (χ2v) is 6.51. The highest BCUT2D eigenvalue weighted by molar-refractivity contribution is 14.0. The van der Waals surface area contributed by atoms with Crippen molar-refractivity contribution in [1.82, 2.24) is 14.9 Å². The summed E-state index contributed by atoms with van der Waals surface area (Å²) in [5.74, 6) is 0.588. The summed E-state index contributed by atoms with van der Waals surface area (Å²) in [5, 5.41) is 2.97. The molecule has 0 atom stereocenters. The molecule has 2 N–H and O–H groups in total. The lowest BCUT2D eigenvalue weighted by molar-refractivity contribution is 0.0791. The lowest BCUT2D eigenvalue weighted by Gasteiger charge is -2.35. The number of alkyl halides is 2. The van der Waals surface area contributed by atoms with Gasteiger partial charge in [-0.3, -0.25) is 0 Å². The van der Waals surface area contributed by atoms with Gasteiger partial charge in [-0.15, -0.1) is 35.3 Å². The number of aromatic nitrogens is 2. The lowest BCUT2D eigenvalue weighted by Crippen LogP contribution is -2.51. The average molecular weight is 510 g/mol. The van der Waals surface area contributed by atoms with Crippen LogP contribution in [0.3, 0.4) is 0 Å². The maximum Gasteiger partial charge on any atom is 0.272 e. The topological polar surface area (TPSA) is 79.9 Å². The van der Waals surface area contributed by atoms with Crippen LogP contribution in [0.15, 0.2) is 34.9 Å². The van der Waals surface area contributed by atoms with Crippen LogP contribution in [0.5, 0.6) is 5.88 Å². The number of anilines is 1. The fraction of sp³-hybridized carbons (Fsp3) is 0.438. The molecule has 0 amide bonds. The van der Waals surface area contributed by atoms with E-state index in [1.165, 1.54) is 6.20 Å². The van der Waals surface area contributed by atoms with E-state index in [0.29, 0.717) is 11.5 Å². The zero-order chi connectivity index (χ0) is 18.4. The zero-order valence-corrected chi connectivity index (χ0v) is 17.6. The first-order chi connectivity index (χ1) is 12.6. The summed E-state index contributed by atoms with van der Waals surface area (Å²) in [6.45, 7) is 2.67. The van der Waals surface area contributed by atoms with Crippen molar-refractivity contribution >= 4 is 46.4 Å². The number of thiazole rings is 1. The zero-order valence-electron chi connectivity index (χ0n) is 14.5. The van der Waals surface area contributed by atoms with Crippen molar-refractivity contribution in [2.45, 2.75) is 13.0 Å². The predicted molar refractivity (Wildman–Crippen MR) is 112 cm³/mol. The Morgan fingerprint density at radius 1 is 1.26 bits per heavy atom. The van der Waals surface area contributed by atoms with Crippen LogP contribution in [0, 0.1) is 0 Å². The normalized spacial score (nSPS) is 15.0. The van der Waals surface area contributed by atoms with E-state index in [-0.39, 0.29) is 36.4 Å². The number of hydrogen-bond donors (Lipinski definition) is 1. The minimum Gasteiger partial charge on any atom is -0.471 e. The highest BCUT2D eigenvalue weighted by atomic mass is 127. The quantitative estimate of drug-likeness (QED) is 0.366. The van der Waals surface area contributed by atoms with E-state index in [2.05, 4.69) is 19.9 Å². The van der Waals surface area contributed by atoms with Crippen molar-refractivity contribution in [3.05, 3.63) is 35.5 Å². The van der Waals surface area contributed by atoms with E-state index in [1.54, 1.807) is 29.7 Å². The van der Waals surface area contributed by atoms with Crippen molar-refractivity contribution in [3.63, 3.8) is 0 Å². The van der Waals surface area contributed by atoms with Crippen LogP contribution in [-0.4, -0.2) is 60.0 Å². The molecular formula is C16H21F2IN6OS. The van der Waals surface area contributed by atoms with Gasteiger partial charge in [-0.05, 0) is 6.07 Å². The first-order valence-electron chi connectivity index (χ1n) is 8.17. The molecule has 2 aromatic heterocycles. The Balaban J connectivity index is 0.00000261. The second kappa shape index (κ2) is 10.5. The number of piperazine rings is 1. The standard InChI is InChI=1S/C16H20F2N6OS.HI/c17-13(18)11-25-14-12(2-1-3-20-14)10-22-15(19)23-5-7-24(8-6-23)16-21-4-9-26-16;/h1-4,9,13H,5-8,10-11H2,(H2,19,22);1H. The number of halogens is 3. The molecule has 1 aliphatic rings. The van der Waals surface area contributed by atoms with Crippen LogP contribution in [0.25, 0.3) is 0 Å². The van der Waals surface area contributed by atoms with Crippen LogP contribution < -0.4 is 15.4 Å². The van der Waals surface area contributed by atoms with Crippen LogP contribution in [0.1, 0.15) is 5.56 Å². The molecule has 1 saturated heterocycles. The Morgan fingerprint density at radius 2 is 2.04 bits per heavy atom. The molecule has 2 aromatic rings. The van der Waals surface area contributed by atoms with Crippen LogP contribution in [0.4, 0.5) is 13.9 Å². The second-order valence-electron chi connectivity index (χ2n) is 5.63. The van der Waals surface area contributed by atoms with Gasteiger partial charge in [0.25, 0.3) is 6.43 Å². The Kier molecular flexibility index (Phi) is 8.41. The van der Waals surface area contributed by atoms with Crippen molar-refractivity contribution in [2.75, 3.05) is 37.7 Å². The average Bonchev–Trinajstić information content (AvgIpc) is 3.20. The molecule has 3 heterocycles. The van der Waals surface area contributed by atoms with Crippen molar-refractivity contribution < 1.29 is 13.5 Å². The van der Waals surface area contributed by atoms with Gasteiger partial charge >= 0.3 is 0 Å². The summed E-state index contributed by atoms with van der Waals surface area (Å²) in [5.41, 5.74) is 6.72. The summed E-state index contributed by atoms with van der Waals surface area (Å²) in [6, 6.07) is 3.45. The number of nitrogens with two attached hydrogens (primary N) is 1. The predicted octanol–water partition coefficient (Wildman–Crippen LogP) is 2.44. The summed E-state index contributed by atoms with van der Waals surface area (Å²) in [6.07, 6.45) is 0.742. The molecule has 3 rings (SSSR count). The molecular weight excluding hydrogens is 489 g/mol. The van der Waals surface area contributed by atoms with E-state index in [4.69, 9.17) is 10.5 Å². The number of pyridine rings is 1. The van der Waals surface area contributed by atoms with E-state index in [1.807, 2.05) is 10.3 Å². The molecule has 0 spiro atoms. The van der Waals surface area contributed by atoms with Crippen LogP contribution in [0.2, 0.25) is 0 Å². The SMILES string of the molecule is I.NC(=NCc1cccnc1OCC(F)F)N1CCN(c2nccs2)CC1. The van der Waals surface area contributed by atoms with Gasteiger partial charge in [-0.1, -0.05) is 6.07 Å². The Hall–Kier alpha value is -1.76. The molecule has 0 aliphatic carbocycles. The van der Waals surface area contributed by atoms with Gasteiger partial charge in [0.2, 0.25) is 5.88 Å². The maximum atomic E-state index is 12.3. The van der Waals surface area contributed by atoms with Gasteiger partial charge in [0.15, 0.2) is 17.7 Å². The molecule has 1 aliphatic heterocycles. The third-order valence-corrected chi connectivity index (χ3v) is 4.73. The maximum absolute atomic E-state index is 12.3. The third-order valence-electron chi connectivity index (χ3n) is 3.90. The highest BCUT2D eigenvalue weighted by Crippen LogP contribution is 2.19. The first-order valence-corrected chi connectivity index (χ1v) is 9.05. The van der Waals surface area contributed by atoms with E-state index < -0.39 is 13.0 Å². The molecule has 0 radical (unpaired) electrons. The fourth-order valence-electron chi connectivity index (χ4n) is 2.58. The fourth-order valence-corrected chi connectivity index (χ4v) is 3.28. The van der Waals surface area contributed by atoms with E-state index in [0.717, 1.165) is 31.3 Å². The minimum absolute atomic E-state index is 0. The number of guanidine groups is 1. The Morgan fingerprint density at radius 3 is 2.70 bits per heavy atom. The van der Waals surface area contributed by atoms with Gasteiger partial charge in [0, 0.05) is 49.5 Å². The molecule has 27 heavy (non-hydrogen) atoms. The van der Waals surface area contributed by atoms with Gasteiger partial charge in [0.05, 0.1) is 6.54 Å². The molecule has 7 nitrogen and oxygen atoms in total. The van der Waals surface area contributed by atoms with E-state index in [9.17, 15) is 8.78 Å². The summed E-state index contributed by atoms with van der Waals surface area (Å²) >= 11 is 1.62. The highest BCUT2D eigenvalue weighted by Gasteiger charge is 2.20. The van der Waals surface area contributed by atoms with Crippen LogP contribution in [-0.2, 0) is 6.54 Å². The number of aliphatic imine (C=N–C) groups is 1. The molecule has 148 valence electrons. The smallest absolute Gasteiger partial charge is 0.272 e. The molecule has 0 saturated carbocycles. The molecule has 0 unspecified atom stereocenters. The number of rotatable bonds is 6. The van der Waals surface area contributed by atoms with Crippen molar-refractivity contribution in [1.29, 1.82) is 0 Å². The molecule has 1 fully saturated rings. The first kappa shape index (κ1) is 21.5. The number of hydrogen-bond acceptors (Lipinski definition) is 6. The molecule has 0 aromatic carbocycles. The lowest BCUT2D eigenvalue weighted by atomic mass is 10.3.